The molecule has 0 unspecified atom stereocenters. The molecule has 1 aliphatic rings. The number of fused-ring (bicyclic) bond motifs is 1. The molecule has 0 radical (unpaired) electrons. The van der Waals surface area contributed by atoms with Gasteiger partial charge in [0.05, 0.1) is 5.56 Å². The molecule has 2 aromatic heterocycles. The quantitative estimate of drug-likeness (QED) is 0.320. The smallest absolute Gasteiger partial charge is 0.294 e. The summed E-state index contributed by atoms with van der Waals surface area (Å²) < 4.78 is 44.0. The number of nitrogens with one attached hydrogen (secondary N) is 2. The van der Waals surface area contributed by atoms with Crippen molar-refractivity contribution in [3.8, 4) is 11.4 Å². The number of amides is 1. The SMILES string of the molecule is Cc1ccc(-c2nn3cc(C(=O)N[C@@H](c4ccc(F)cc4)C(F)(F)CO)c(C4CC4)c3c(=O)[nH]2)cc1Cl. The highest BCUT2D eigenvalue weighted by molar-refractivity contribution is 6.31. The normalized spacial score (nSPS) is 14.6. The zero-order chi connectivity index (χ0) is 26.5. The maximum absolute atomic E-state index is 14.7. The number of rotatable bonds is 7. The van der Waals surface area contributed by atoms with E-state index >= 15 is 0 Å². The van der Waals surface area contributed by atoms with E-state index in [1.165, 1.54) is 10.7 Å². The van der Waals surface area contributed by atoms with Gasteiger partial charge in [-0.3, -0.25) is 9.59 Å². The van der Waals surface area contributed by atoms with E-state index in [-0.39, 0.29) is 28.4 Å². The largest absolute Gasteiger partial charge is 0.390 e. The second-order valence-corrected chi connectivity index (χ2v) is 9.57. The van der Waals surface area contributed by atoms with E-state index in [1.54, 1.807) is 18.2 Å². The molecule has 2 heterocycles. The van der Waals surface area contributed by atoms with Crippen LogP contribution in [-0.4, -0.2) is 38.1 Å². The Morgan fingerprint density at radius 1 is 1.27 bits per heavy atom. The molecule has 0 saturated heterocycles. The summed E-state index contributed by atoms with van der Waals surface area (Å²) in [5, 5.41) is 16.5. The highest BCUT2D eigenvalue weighted by atomic mass is 35.5. The van der Waals surface area contributed by atoms with Crippen LogP contribution < -0.4 is 10.9 Å². The first-order chi connectivity index (χ1) is 17.6. The molecule has 2 aromatic carbocycles. The standard InChI is InChI=1S/C26H22ClF3N4O3/c1-13-2-3-16(10-19(13)27)23-32-25(37)21-20(14-4-5-14)18(11-34(21)33-23)24(36)31-22(26(29,30)12-35)15-6-8-17(28)9-7-15/h2-3,6-11,14,22,35H,4-5,12H2,1H3,(H,31,36)(H,32,33,37)/t22-/m0/s1. The third kappa shape index (κ3) is 4.74. The summed E-state index contributed by atoms with van der Waals surface area (Å²) in [5.41, 5.74) is 1.44. The van der Waals surface area contributed by atoms with Crippen LogP contribution in [0.5, 0.6) is 0 Å². The molecule has 1 fully saturated rings. The monoisotopic (exact) mass is 530 g/mol. The first-order valence-corrected chi connectivity index (χ1v) is 11.9. The molecule has 1 amide bonds. The minimum atomic E-state index is -3.74. The van der Waals surface area contributed by atoms with Crippen molar-refractivity contribution >= 4 is 23.0 Å². The second kappa shape index (κ2) is 9.35. The molecule has 1 aliphatic carbocycles. The van der Waals surface area contributed by atoms with Crippen LogP contribution >= 0.6 is 11.6 Å². The fraction of sp³-hybridized carbons (Fsp3) is 0.269. The van der Waals surface area contributed by atoms with Crippen molar-refractivity contribution in [2.75, 3.05) is 6.61 Å². The van der Waals surface area contributed by atoms with Crippen molar-refractivity contribution < 1.29 is 23.1 Å². The number of H-pyrrole nitrogens is 1. The summed E-state index contributed by atoms with van der Waals surface area (Å²) in [6.45, 7) is 0.302. The summed E-state index contributed by atoms with van der Waals surface area (Å²) in [7, 11) is 0. The number of aryl methyl sites for hydroxylation is 1. The summed E-state index contributed by atoms with van der Waals surface area (Å²) in [4.78, 5) is 29.2. The van der Waals surface area contributed by atoms with Gasteiger partial charge in [0.1, 0.15) is 24.0 Å². The van der Waals surface area contributed by atoms with Crippen LogP contribution in [0.15, 0.2) is 53.5 Å². The van der Waals surface area contributed by atoms with Gasteiger partial charge >= 0.3 is 0 Å². The Labute approximate surface area is 213 Å². The van der Waals surface area contributed by atoms with Crippen LogP contribution in [-0.2, 0) is 0 Å². The maximum atomic E-state index is 14.7. The number of hydrogen-bond donors (Lipinski definition) is 3. The summed E-state index contributed by atoms with van der Waals surface area (Å²) in [6, 6.07) is 7.47. The number of carbonyl (C=O) groups excluding carboxylic acids is 1. The lowest BCUT2D eigenvalue weighted by atomic mass is 9.99. The first-order valence-electron chi connectivity index (χ1n) is 11.6. The number of carbonyl (C=O) groups is 1. The summed E-state index contributed by atoms with van der Waals surface area (Å²) in [5.74, 6) is -5.11. The summed E-state index contributed by atoms with van der Waals surface area (Å²) in [6.07, 6.45) is 2.79. The van der Waals surface area contributed by atoms with E-state index in [9.17, 15) is 27.9 Å². The van der Waals surface area contributed by atoms with Crippen molar-refractivity contribution in [2.45, 2.75) is 37.6 Å². The lowest BCUT2D eigenvalue weighted by molar-refractivity contribution is -0.0785. The fourth-order valence-electron chi connectivity index (χ4n) is 4.34. The van der Waals surface area contributed by atoms with Gasteiger partial charge in [0.15, 0.2) is 5.82 Å². The molecule has 4 aromatic rings. The van der Waals surface area contributed by atoms with Crippen LogP contribution in [0.3, 0.4) is 0 Å². The molecule has 5 rings (SSSR count). The van der Waals surface area contributed by atoms with Crippen LogP contribution in [0, 0.1) is 12.7 Å². The zero-order valence-corrected chi connectivity index (χ0v) is 20.3. The van der Waals surface area contributed by atoms with Crippen LogP contribution in [0.2, 0.25) is 5.02 Å². The van der Waals surface area contributed by atoms with Gasteiger partial charge in [-0.2, -0.15) is 0 Å². The van der Waals surface area contributed by atoms with Gasteiger partial charge < -0.3 is 15.4 Å². The van der Waals surface area contributed by atoms with Crippen LogP contribution in [0.4, 0.5) is 13.2 Å². The number of hydrogen-bond acceptors (Lipinski definition) is 4. The molecule has 11 heteroatoms. The van der Waals surface area contributed by atoms with Gasteiger partial charge in [0.25, 0.3) is 17.4 Å². The molecule has 192 valence electrons. The third-order valence-electron chi connectivity index (χ3n) is 6.47. The van der Waals surface area contributed by atoms with E-state index in [0.717, 1.165) is 42.7 Å². The number of aromatic nitrogens is 3. The highest BCUT2D eigenvalue weighted by Gasteiger charge is 2.42. The van der Waals surface area contributed by atoms with Gasteiger partial charge in [-0.05, 0) is 55.0 Å². The van der Waals surface area contributed by atoms with E-state index in [0.29, 0.717) is 16.1 Å². The Hall–Kier alpha value is -3.63. The molecule has 37 heavy (non-hydrogen) atoms. The number of halogens is 4. The second-order valence-electron chi connectivity index (χ2n) is 9.17. The Bertz CT molecular complexity index is 1560. The maximum Gasteiger partial charge on any atom is 0.294 e. The first kappa shape index (κ1) is 25.0. The van der Waals surface area contributed by atoms with Crippen molar-refractivity contribution in [3.05, 3.63) is 92.1 Å². The van der Waals surface area contributed by atoms with Crippen molar-refractivity contribution in [2.24, 2.45) is 0 Å². The van der Waals surface area contributed by atoms with Crippen LogP contribution in [0.25, 0.3) is 16.9 Å². The molecule has 0 aliphatic heterocycles. The number of alkyl halides is 2. The molecule has 3 N–H and O–H groups in total. The molecule has 0 bridgehead atoms. The van der Waals surface area contributed by atoms with Crippen molar-refractivity contribution in [1.29, 1.82) is 0 Å². The number of aliphatic hydroxyl groups excluding tert-OH is 1. The molecular weight excluding hydrogens is 509 g/mol. The molecule has 7 nitrogen and oxygen atoms in total. The third-order valence-corrected chi connectivity index (χ3v) is 6.88. The predicted octanol–water partition coefficient (Wildman–Crippen LogP) is 4.77. The van der Waals surface area contributed by atoms with Crippen molar-refractivity contribution in [3.63, 3.8) is 0 Å². The van der Waals surface area contributed by atoms with E-state index < -0.39 is 35.9 Å². The van der Waals surface area contributed by atoms with E-state index in [4.69, 9.17) is 11.6 Å². The molecule has 1 saturated carbocycles. The van der Waals surface area contributed by atoms with Crippen molar-refractivity contribution in [1.82, 2.24) is 19.9 Å². The van der Waals surface area contributed by atoms with Gasteiger partial charge in [-0.1, -0.05) is 35.9 Å². The zero-order valence-electron chi connectivity index (χ0n) is 19.6. The van der Waals surface area contributed by atoms with Gasteiger partial charge in [-0.25, -0.2) is 17.7 Å². The molecular formula is C26H22ClF3N4O3. The highest BCUT2D eigenvalue weighted by Crippen LogP contribution is 2.44. The lowest BCUT2D eigenvalue weighted by Crippen LogP contribution is -2.43. The number of aromatic amines is 1. The average molecular weight is 531 g/mol. The fourth-order valence-corrected chi connectivity index (χ4v) is 4.52. The Morgan fingerprint density at radius 3 is 2.59 bits per heavy atom. The lowest BCUT2D eigenvalue weighted by Gasteiger charge is -2.26. The minimum absolute atomic E-state index is 0.0282. The Balaban J connectivity index is 1.58. The number of benzene rings is 2. The number of aliphatic hydroxyl groups is 1. The van der Waals surface area contributed by atoms with Gasteiger partial charge in [0, 0.05) is 22.3 Å². The topological polar surface area (TPSA) is 99.5 Å². The number of nitrogens with zero attached hydrogens (tertiary/aromatic N) is 2. The molecule has 0 spiro atoms. The summed E-state index contributed by atoms with van der Waals surface area (Å²) >= 11 is 6.22. The van der Waals surface area contributed by atoms with E-state index in [2.05, 4.69) is 15.4 Å². The van der Waals surface area contributed by atoms with E-state index in [1.807, 2.05) is 6.92 Å². The average Bonchev–Trinajstić information content (AvgIpc) is 3.63. The van der Waals surface area contributed by atoms with Gasteiger partial charge in [-0.15, -0.1) is 5.10 Å². The Kier molecular flexibility index (Phi) is 6.33. The van der Waals surface area contributed by atoms with Crippen LogP contribution in [0.1, 0.15) is 51.8 Å². The Morgan fingerprint density at radius 2 is 1.97 bits per heavy atom. The predicted molar refractivity (Wildman–Crippen MR) is 132 cm³/mol. The minimum Gasteiger partial charge on any atom is -0.390 e. The molecule has 1 atom stereocenters. The van der Waals surface area contributed by atoms with Gasteiger partial charge in [0.2, 0.25) is 0 Å².